The molecule has 0 bridgehead atoms. The third kappa shape index (κ3) is 44.9. The van der Waals surface area contributed by atoms with Crippen LogP contribution in [0.15, 0.2) is 0 Å². The Bertz CT molecular complexity index is 181. The Labute approximate surface area is 165 Å². The first-order valence-electron chi connectivity index (χ1n) is 7.00. The van der Waals surface area contributed by atoms with E-state index in [0.29, 0.717) is 20.6 Å². The van der Waals surface area contributed by atoms with Crippen molar-refractivity contribution < 1.29 is 20.4 Å². The Kier molecular flexibility index (Phi) is 20.4. The second-order valence-electron chi connectivity index (χ2n) is 9.25. The van der Waals surface area contributed by atoms with Gasteiger partial charge in [0.2, 0.25) is 0 Å². The van der Waals surface area contributed by atoms with Gasteiger partial charge in [-0.1, -0.05) is 83.1 Å². The first-order valence-corrected chi connectivity index (χ1v) is 9.00. The fourth-order valence-electron chi connectivity index (χ4n) is 2.25. The summed E-state index contributed by atoms with van der Waals surface area (Å²) in [5.41, 5.74) is 0. The van der Waals surface area contributed by atoms with E-state index in [1.165, 1.54) is 0 Å². The van der Waals surface area contributed by atoms with Crippen LogP contribution in [0.2, 0.25) is 0 Å². The monoisotopic (exact) mass is 470 g/mol. The topological polar surface area (TPSA) is 0 Å². The van der Waals surface area contributed by atoms with Gasteiger partial charge in [-0.15, -0.1) is 42.0 Å². The maximum absolute atomic E-state index is 2.30. The van der Waals surface area contributed by atoms with Gasteiger partial charge in [-0.2, -0.15) is 0 Å². The fraction of sp³-hybridized carbons (Fsp3) is 1.00. The molecule has 0 saturated carbocycles. The van der Waals surface area contributed by atoms with Crippen molar-refractivity contribution in [2.45, 2.75) is 104 Å². The Morgan fingerprint density at radius 3 is 0.476 bits per heavy atom. The van der Waals surface area contributed by atoms with Crippen molar-refractivity contribution in [1.29, 1.82) is 0 Å². The van der Waals surface area contributed by atoms with Crippen LogP contribution in [0, 0.1) is 0 Å². The molecule has 0 N–H and O–H groups in total. The molecule has 0 aromatic heterocycles. The maximum atomic E-state index is 2.30. The van der Waals surface area contributed by atoms with Crippen LogP contribution >= 0.6 is 42.0 Å². The molecular weight excluding hydrogens is 431 g/mol. The zero-order chi connectivity index (χ0) is 15.4. The smallest absolute Gasteiger partial charge is 0 e. The van der Waals surface area contributed by atoms with Crippen molar-refractivity contribution >= 4 is 42.0 Å². The van der Waals surface area contributed by atoms with Gasteiger partial charge in [0.25, 0.3) is 0 Å². The van der Waals surface area contributed by atoms with Gasteiger partial charge >= 0.3 is 0 Å². The summed E-state index contributed by atoms with van der Waals surface area (Å²) >= 11 is 0. The van der Waals surface area contributed by atoms with Gasteiger partial charge in [-0.25, -0.2) is 0 Å². The summed E-state index contributed by atoms with van der Waals surface area (Å²) in [6.07, 6.45) is 0. The van der Waals surface area contributed by atoms with Crippen molar-refractivity contribution in [3.63, 3.8) is 0 Å². The van der Waals surface area contributed by atoms with Crippen LogP contribution in [0.5, 0.6) is 0 Å². The molecule has 0 heterocycles. The van der Waals surface area contributed by atoms with Crippen molar-refractivity contribution in [1.82, 2.24) is 0 Å². The zero-order valence-electron chi connectivity index (χ0n) is 16.1. The largest absolute Gasteiger partial charge is 0.147 e. The molecule has 0 saturated heterocycles. The van der Waals surface area contributed by atoms with E-state index in [0.717, 1.165) is 17.2 Å². The van der Waals surface area contributed by atoms with Crippen molar-refractivity contribution in [3.05, 3.63) is 0 Å². The summed E-state index contributed by atoms with van der Waals surface area (Å²) in [6.45, 7) is 27.6. The quantitative estimate of drug-likeness (QED) is 0.256. The van der Waals surface area contributed by atoms with Crippen LogP contribution in [-0.4, -0.2) is 20.6 Å². The van der Waals surface area contributed by atoms with Crippen LogP contribution in [-0.2, 0) is 20.4 Å². The molecule has 0 nitrogen and oxygen atoms in total. The molecule has 0 unspecified atom stereocenters. The minimum Gasteiger partial charge on any atom is -0.147 e. The molecule has 0 aliphatic carbocycles. The van der Waals surface area contributed by atoms with Gasteiger partial charge in [-0.05, 0) is 20.6 Å². The standard InChI is InChI=1S/2C8H19P.2ClH.Pd/c2*1-7(2,3)9-8(4,5)6;;;/h2*9H,1-6H3;2*1H;. The van der Waals surface area contributed by atoms with Gasteiger partial charge in [0.05, 0.1) is 0 Å². The summed E-state index contributed by atoms with van der Waals surface area (Å²) in [6, 6.07) is 0. The first-order chi connectivity index (χ1) is 7.41. The molecule has 0 aliphatic heterocycles. The second kappa shape index (κ2) is 12.5. The van der Waals surface area contributed by atoms with E-state index in [1.807, 2.05) is 0 Å². The van der Waals surface area contributed by atoms with E-state index in [9.17, 15) is 0 Å². The molecule has 0 aromatic rings. The number of hydrogen-bond acceptors (Lipinski definition) is 0. The summed E-state index contributed by atoms with van der Waals surface area (Å²) in [5.74, 6) is 0. The average Bonchev–Trinajstić information content (AvgIpc) is 1.64. The van der Waals surface area contributed by atoms with Gasteiger partial charge in [0, 0.05) is 20.4 Å². The number of rotatable bonds is 0. The van der Waals surface area contributed by atoms with E-state index < -0.39 is 0 Å². The van der Waals surface area contributed by atoms with Crippen LogP contribution < -0.4 is 0 Å². The number of halogens is 2. The average molecular weight is 472 g/mol. The minimum absolute atomic E-state index is 0. The number of hydrogen-bond donors (Lipinski definition) is 0. The third-order valence-corrected chi connectivity index (χ3v) is 4.50. The van der Waals surface area contributed by atoms with Crippen molar-refractivity contribution in [2.75, 3.05) is 0 Å². The van der Waals surface area contributed by atoms with Gasteiger partial charge in [0.15, 0.2) is 0 Å². The predicted octanol–water partition coefficient (Wildman–Crippen LogP) is 7.36. The maximum Gasteiger partial charge on any atom is 0 e. The van der Waals surface area contributed by atoms with Gasteiger partial charge in [0.1, 0.15) is 0 Å². The molecule has 0 rings (SSSR count). The molecule has 0 spiro atoms. The summed E-state index contributed by atoms with van der Waals surface area (Å²) < 4.78 is 0. The summed E-state index contributed by atoms with van der Waals surface area (Å²) in [4.78, 5) is 0. The van der Waals surface area contributed by atoms with Crippen LogP contribution in [0.4, 0.5) is 0 Å². The van der Waals surface area contributed by atoms with Gasteiger partial charge in [-0.3, -0.25) is 0 Å². The van der Waals surface area contributed by atoms with E-state index in [-0.39, 0.29) is 45.2 Å². The van der Waals surface area contributed by atoms with Gasteiger partial charge < -0.3 is 0 Å². The Balaban J connectivity index is -0.0000000711. The molecule has 0 aliphatic rings. The predicted molar refractivity (Wildman–Crippen MR) is 110 cm³/mol. The third-order valence-electron chi connectivity index (χ3n) is 1.50. The van der Waals surface area contributed by atoms with E-state index in [4.69, 9.17) is 0 Å². The molecule has 0 radical (unpaired) electrons. The summed E-state index contributed by atoms with van der Waals surface area (Å²) in [5, 5.41) is 2.05. The van der Waals surface area contributed by atoms with Crippen molar-refractivity contribution in [3.8, 4) is 0 Å². The first kappa shape index (κ1) is 34.4. The van der Waals surface area contributed by atoms with Crippen LogP contribution in [0.1, 0.15) is 83.1 Å². The minimum atomic E-state index is 0. The van der Waals surface area contributed by atoms with Crippen LogP contribution in [0.25, 0.3) is 0 Å². The molecule has 0 atom stereocenters. The van der Waals surface area contributed by atoms with Crippen LogP contribution in [0.3, 0.4) is 0 Å². The van der Waals surface area contributed by atoms with E-state index >= 15 is 0 Å². The Hall–Kier alpha value is 2.10. The fourth-order valence-corrected chi connectivity index (χ4v) is 6.75. The Morgan fingerprint density at radius 1 is 0.381 bits per heavy atom. The van der Waals surface area contributed by atoms with E-state index in [2.05, 4.69) is 83.1 Å². The molecule has 0 fully saturated rings. The second-order valence-corrected chi connectivity index (χ2v) is 15.8. The molecule has 138 valence electrons. The Morgan fingerprint density at radius 2 is 0.476 bits per heavy atom. The summed E-state index contributed by atoms with van der Waals surface area (Å²) in [7, 11) is 2.10. The van der Waals surface area contributed by atoms with E-state index in [1.54, 1.807) is 0 Å². The van der Waals surface area contributed by atoms with Crippen molar-refractivity contribution in [2.24, 2.45) is 0 Å². The molecular formula is C16H40Cl2P2Pd. The normalized spacial score (nSPS) is 12.0. The SMILES string of the molecule is CC(C)(C)PC(C)(C)C.CC(C)(C)PC(C)(C)C.Cl.Cl.[Pd]. The molecule has 5 heteroatoms. The molecule has 0 amide bonds. The zero-order valence-corrected chi connectivity index (χ0v) is 21.3. The molecule has 21 heavy (non-hydrogen) atoms. The molecule has 0 aromatic carbocycles.